The maximum atomic E-state index is 11.2. The number of ketones is 1. The van der Waals surface area contributed by atoms with Gasteiger partial charge in [-0.25, -0.2) is 0 Å². The van der Waals surface area contributed by atoms with Crippen LogP contribution < -0.4 is 5.56 Å². The Balaban J connectivity index is 3.23. The number of Topliss-reactive ketones (excluding diaryl/α,β-unsaturated/α-hetero) is 1. The quantitative estimate of drug-likeness (QED) is 0.665. The smallest absolute Gasteiger partial charge is 0.266 e. The monoisotopic (exact) mass is 182 g/mol. The summed E-state index contributed by atoms with van der Waals surface area (Å²) >= 11 is 0. The number of hydrogen-bond acceptors (Lipinski definition) is 2. The van der Waals surface area contributed by atoms with E-state index < -0.39 is 0 Å². The average Bonchev–Trinajstić information content (AvgIpc) is 2.31. The Morgan fingerprint density at radius 1 is 1.38 bits per heavy atom. The second-order valence-electron chi connectivity index (χ2n) is 3.29. The SMILES string of the molecule is CC(=O)C(C)c1cc(=O)n(C)n1C. The molecule has 0 bridgehead atoms. The van der Waals surface area contributed by atoms with Crippen molar-refractivity contribution in [3.8, 4) is 0 Å². The van der Waals surface area contributed by atoms with Crippen LogP contribution >= 0.6 is 0 Å². The minimum absolute atomic E-state index is 0.0706. The van der Waals surface area contributed by atoms with Crippen LogP contribution in [-0.2, 0) is 18.9 Å². The summed E-state index contributed by atoms with van der Waals surface area (Å²) in [7, 11) is 3.45. The summed E-state index contributed by atoms with van der Waals surface area (Å²) in [5.41, 5.74) is 0.686. The molecule has 0 radical (unpaired) electrons. The van der Waals surface area contributed by atoms with Gasteiger partial charge < -0.3 is 0 Å². The summed E-state index contributed by atoms with van der Waals surface area (Å²) in [5, 5.41) is 0. The van der Waals surface area contributed by atoms with E-state index in [-0.39, 0.29) is 17.3 Å². The highest BCUT2D eigenvalue weighted by Gasteiger charge is 2.16. The van der Waals surface area contributed by atoms with Gasteiger partial charge in [0.25, 0.3) is 5.56 Å². The lowest BCUT2D eigenvalue weighted by Gasteiger charge is -2.09. The Morgan fingerprint density at radius 2 is 1.92 bits per heavy atom. The first-order valence-electron chi connectivity index (χ1n) is 4.18. The van der Waals surface area contributed by atoms with Crippen molar-refractivity contribution in [3.63, 3.8) is 0 Å². The highest BCUT2D eigenvalue weighted by Crippen LogP contribution is 2.13. The molecule has 4 heteroatoms. The van der Waals surface area contributed by atoms with E-state index in [1.54, 1.807) is 25.7 Å². The van der Waals surface area contributed by atoms with Crippen LogP contribution in [0.2, 0.25) is 0 Å². The number of hydrogen-bond donors (Lipinski definition) is 0. The zero-order valence-corrected chi connectivity index (χ0v) is 8.37. The van der Waals surface area contributed by atoms with Crippen molar-refractivity contribution in [2.24, 2.45) is 14.1 Å². The number of carbonyl (C=O) groups excluding carboxylic acids is 1. The molecule has 0 spiro atoms. The zero-order valence-electron chi connectivity index (χ0n) is 8.37. The van der Waals surface area contributed by atoms with Crippen molar-refractivity contribution in [1.82, 2.24) is 9.36 Å². The maximum absolute atomic E-state index is 11.2. The van der Waals surface area contributed by atoms with Gasteiger partial charge in [-0.3, -0.25) is 19.0 Å². The largest absolute Gasteiger partial charge is 0.299 e. The molecule has 13 heavy (non-hydrogen) atoms. The normalized spacial score (nSPS) is 12.9. The van der Waals surface area contributed by atoms with E-state index in [4.69, 9.17) is 0 Å². The number of carbonyl (C=O) groups is 1. The van der Waals surface area contributed by atoms with Gasteiger partial charge in [0, 0.05) is 20.2 Å². The molecule has 72 valence electrons. The lowest BCUT2D eigenvalue weighted by molar-refractivity contribution is -0.118. The number of aromatic nitrogens is 2. The summed E-state index contributed by atoms with van der Waals surface area (Å²) in [6.07, 6.45) is 0. The minimum Gasteiger partial charge on any atom is -0.299 e. The Morgan fingerprint density at radius 3 is 2.23 bits per heavy atom. The standard InChI is InChI=1S/C9H14N2O2/c1-6(7(2)12)8-5-9(13)11(4)10(8)3/h5-6H,1-4H3. The van der Waals surface area contributed by atoms with Gasteiger partial charge in [-0.2, -0.15) is 0 Å². The predicted molar refractivity (Wildman–Crippen MR) is 49.8 cm³/mol. The number of rotatable bonds is 2. The lowest BCUT2D eigenvalue weighted by atomic mass is 10.0. The fraction of sp³-hybridized carbons (Fsp3) is 0.556. The fourth-order valence-corrected chi connectivity index (χ4v) is 1.25. The Kier molecular flexibility index (Phi) is 2.40. The molecule has 0 aliphatic carbocycles. The molecule has 1 unspecified atom stereocenters. The van der Waals surface area contributed by atoms with Gasteiger partial charge in [0.1, 0.15) is 5.78 Å². The van der Waals surface area contributed by atoms with Crippen molar-refractivity contribution >= 4 is 5.78 Å². The van der Waals surface area contributed by atoms with Crippen molar-refractivity contribution in [2.75, 3.05) is 0 Å². The topological polar surface area (TPSA) is 44.0 Å². The second kappa shape index (κ2) is 3.20. The van der Waals surface area contributed by atoms with Gasteiger partial charge in [-0.05, 0) is 13.8 Å². The van der Waals surface area contributed by atoms with Crippen LogP contribution in [0.1, 0.15) is 25.5 Å². The van der Waals surface area contributed by atoms with Crippen molar-refractivity contribution < 1.29 is 4.79 Å². The molecule has 0 fully saturated rings. The molecular weight excluding hydrogens is 168 g/mol. The van der Waals surface area contributed by atoms with Crippen LogP contribution in [0.25, 0.3) is 0 Å². The summed E-state index contributed by atoms with van der Waals surface area (Å²) in [4.78, 5) is 22.3. The molecule has 0 aromatic carbocycles. The fourth-order valence-electron chi connectivity index (χ4n) is 1.25. The van der Waals surface area contributed by atoms with Crippen molar-refractivity contribution in [2.45, 2.75) is 19.8 Å². The van der Waals surface area contributed by atoms with Crippen LogP contribution in [0.4, 0.5) is 0 Å². The molecule has 0 saturated heterocycles. The first kappa shape index (κ1) is 9.77. The summed E-state index contributed by atoms with van der Waals surface area (Å²) in [6, 6.07) is 1.51. The van der Waals surface area contributed by atoms with E-state index in [9.17, 15) is 9.59 Å². The number of nitrogens with zero attached hydrogens (tertiary/aromatic N) is 2. The summed E-state index contributed by atoms with van der Waals surface area (Å²) in [5.74, 6) is -0.139. The van der Waals surface area contributed by atoms with E-state index in [0.29, 0.717) is 0 Å². The molecule has 0 amide bonds. The van der Waals surface area contributed by atoms with Crippen LogP contribution in [0.3, 0.4) is 0 Å². The van der Waals surface area contributed by atoms with E-state index in [1.165, 1.54) is 17.7 Å². The van der Waals surface area contributed by atoms with Gasteiger partial charge in [0.2, 0.25) is 0 Å². The predicted octanol–water partition coefficient (Wildman–Crippen LogP) is 0.416. The molecule has 0 aliphatic heterocycles. The van der Waals surface area contributed by atoms with E-state index in [0.717, 1.165) is 5.69 Å². The van der Waals surface area contributed by atoms with Crippen LogP contribution in [0, 0.1) is 0 Å². The van der Waals surface area contributed by atoms with Crippen molar-refractivity contribution in [1.29, 1.82) is 0 Å². The summed E-state index contributed by atoms with van der Waals surface area (Å²) < 4.78 is 3.18. The average molecular weight is 182 g/mol. The minimum atomic E-state index is -0.209. The van der Waals surface area contributed by atoms with E-state index in [1.807, 2.05) is 0 Å². The second-order valence-corrected chi connectivity index (χ2v) is 3.29. The Hall–Kier alpha value is -1.32. The molecule has 1 heterocycles. The van der Waals surface area contributed by atoms with Gasteiger partial charge in [0.15, 0.2) is 0 Å². The Bertz CT molecular complexity index is 387. The van der Waals surface area contributed by atoms with Gasteiger partial charge >= 0.3 is 0 Å². The molecule has 1 rings (SSSR count). The lowest BCUT2D eigenvalue weighted by Crippen LogP contribution is -2.18. The molecule has 0 saturated carbocycles. The zero-order chi connectivity index (χ0) is 10.2. The summed E-state index contributed by atoms with van der Waals surface area (Å²) in [6.45, 7) is 3.33. The van der Waals surface area contributed by atoms with Crippen LogP contribution in [0.15, 0.2) is 10.9 Å². The maximum Gasteiger partial charge on any atom is 0.266 e. The molecule has 0 N–H and O–H groups in total. The third kappa shape index (κ3) is 1.56. The molecule has 1 aromatic heterocycles. The molecule has 0 aliphatic rings. The molecular formula is C9H14N2O2. The third-order valence-electron chi connectivity index (χ3n) is 2.47. The van der Waals surface area contributed by atoms with Gasteiger partial charge in [0.05, 0.1) is 11.6 Å². The first-order chi connectivity index (χ1) is 5.95. The van der Waals surface area contributed by atoms with E-state index >= 15 is 0 Å². The molecule has 4 nitrogen and oxygen atoms in total. The van der Waals surface area contributed by atoms with Gasteiger partial charge in [-0.15, -0.1) is 0 Å². The highest BCUT2D eigenvalue weighted by molar-refractivity contribution is 5.82. The van der Waals surface area contributed by atoms with Crippen LogP contribution in [0.5, 0.6) is 0 Å². The first-order valence-corrected chi connectivity index (χ1v) is 4.18. The van der Waals surface area contributed by atoms with Gasteiger partial charge in [-0.1, -0.05) is 0 Å². The van der Waals surface area contributed by atoms with E-state index in [2.05, 4.69) is 0 Å². The molecule has 1 atom stereocenters. The third-order valence-corrected chi connectivity index (χ3v) is 2.47. The Labute approximate surface area is 76.8 Å². The highest BCUT2D eigenvalue weighted by atomic mass is 16.1. The van der Waals surface area contributed by atoms with Crippen LogP contribution in [-0.4, -0.2) is 15.1 Å². The molecule has 1 aromatic rings. The van der Waals surface area contributed by atoms with Crippen molar-refractivity contribution in [3.05, 3.63) is 22.1 Å².